The summed E-state index contributed by atoms with van der Waals surface area (Å²) in [4.78, 5) is 2.66. The van der Waals surface area contributed by atoms with Gasteiger partial charge in [0.25, 0.3) is 0 Å². The van der Waals surface area contributed by atoms with Crippen molar-refractivity contribution in [2.75, 3.05) is 19.7 Å². The summed E-state index contributed by atoms with van der Waals surface area (Å²) in [6.45, 7) is 5.52. The zero-order chi connectivity index (χ0) is 12.1. The van der Waals surface area contributed by atoms with Crippen molar-refractivity contribution in [1.82, 2.24) is 4.90 Å². The van der Waals surface area contributed by atoms with Crippen LogP contribution in [-0.4, -0.2) is 42.8 Å². The number of hydrogen-bond donors (Lipinski definition) is 1. The molecule has 0 aromatic rings. The number of rotatable bonds is 4. The summed E-state index contributed by atoms with van der Waals surface area (Å²) in [6.07, 6.45) is 9.22. The standard InChI is InChI=1S/C14H28N2O/c1-2-10-17-14-5-3-4-13(11-14)16-8-6-12(15)7-9-16/h12-14H,2-11,15H2,1H3. The Kier molecular flexibility index (Phi) is 5.26. The maximum Gasteiger partial charge on any atom is 0.0590 e. The van der Waals surface area contributed by atoms with Crippen LogP contribution in [0.3, 0.4) is 0 Å². The molecule has 0 aromatic heterocycles. The van der Waals surface area contributed by atoms with Crippen molar-refractivity contribution in [2.24, 2.45) is 5.73 Å². The lowest BCUT2D eigenvalue weighted by atomic mass is 9.90. The van der Waals surface area contributed by atoms with Gasteiger partial charge in [-0.05, 0) is 58.0 Å². The van der Waals surface area contributed by atoms with E-state index in [2.05, 4.69) is 11.8 Å². The molecular formula is C14H28N2O. The van der Waals surface area contributed by atoms with E-state index < -0.39 is 0 Å². The topological polar surface area (TPSA) is 38.5 Å². The van der Waals surface area contributed by atoms with Crippen molar-refractivity contribution in [2.45, 2.75) is 70.1 Å². The second-order valence-corrected chi connectivity index (χ2v) is 5.69. The highest BCUT2D eigenvalue weighted by atomic mass is 16.5. The third kappa shape index (κ3) is 3.94. The van der Waals surface area contributed by atoms with E-state index in [4.69, 9.17) is 10.5 Å². The quantitative estimate of drug-likeness (QED) is 0.818. The van der Waals surface area contributed by atoms with E-state index in [0.717, 1.165) is 19.1 Å². The molecule has 1 aliphatic heterocycles. The Hall–Kier alpha value is -0.120. The van der Waals surface area contributed by atoms with Crippen LogP contribution in [0, 0.1) is 0 Å². The highest BCUT2D eigenvalue weighted by Crippen LogP contribution is 2.27. The highest BCUT2D eigenvalue weighted by Gasteiger charge is 2.29. The molecule has 17 heavy (non-hydrogen) atoms. The van der Waals surface area contributed by atoms with Crippen LogP contribution >= 0.6 is 0 Å². The lowest BCUT2D eigenvalue weighted by Gasteiger charge is -2.40. The summed E-state index contributed by atoms with van der Waals surface area (Å²) in [7, 11) is 0. The fraction of sp³-hybridized carbons (Fsp3) is 1.00. The van der Waals surface area contributed by atoms with Gasteiger partial charge in [-0.25, -0.2) is 0 Å². The number of hydrogen-bond acceptors (Lipinski definition) is 3. The molecule has 1 aliphatic carbocycles. The van der Waals surface area contributed by atoms with Gasteiger partial charge in [0.15, 0.2) is 0 Å². The fourth-order valence-corrected chi connectivity index (χ4v) is 3.17. The molecular weight excluding hydrogens is 212 g/mol. The Labute approximate surface area is 106 Å². The van der Waals surface area contributed by atoms with E-state index in [-0.39, 0.29) is 0 Å². The van der Waals surface area contributed by atoms with E-state index in [1.165, 1.54) is 51.6 Å². The minimum Gasteiger partial charge on any atom is -0.378 e. The van der Waals surface area contributed by atoms with Crippen LogP contribution in [0.25, 0.3) is 0 Å². The predicted molar refractivity (Wildman–Crippen MR) is 71.1 cm³/mol. The highest BCUT2D eigenvalue weighted by molar-refractivity contribution is 4.84. The van der Waals surface area contributed by atoms with Crippen molar-refractivity contribution < 1.29 is 4.74 Å². The van der Waals surface area contributed by atoms with Gasteiger partial charge in [0.05, 0.1) is 6.10 Å². The summed E-state index contributed by atoms with van der Waals surface area (Å²) in [5.74, 6) is 0. The Morgan fingerprint density at radius 3 is 2.65 bits per heavy atom. The van der Waals surface area contributed by atoms with Gasteiger partial charge in [-0.15, -0.1) is 0 Å². The van der Waals surface area contributed by atoms with Gasteiger partial charge in [0, 0.05) is 18.7 Å². The summed E-state index contributed by atoms with van der Waals surface area (Å²) in [5, 5.41) is 0. The van der Waals surface area contributed by atoms with Crippen LogP contribution in [-0.2, 0) is 4.74 Å². The van der Waals surface area contributed by atoms with Gasteiger partial charge in [-0.1, -0.05) is 6.92 Å². The molecule has 0 spiro atoms. The third-order valence-corrected chi connectivity index (χ3v) is 4.25. The smallest absolute Gasteiger partial charge is 0.0590 e. The minimum atomic E-state index is 0.446. The van der Waals surface area contributed by atoms with E-state index in [0.29, 0.717) is 12.1 Å². The molecule has 0 radical (unpaired) electrons. The molecule has 1 saturated heterocycles. The van der Waals surface area contributed by atoms with Gasteiger partial charge < -0.3 is 15.4 Å². The number of nitrogens with two attached hydrogens (primary N) is 1. The van der Waals surface area contributed by atoms with Crippen molar-refractivity contribution in [3.05, 3.63) is 0 Å². The van der Waals surface area contributed by atoms with Crippen LogP contribution in [0.1, 0.15) is 51.9 Å². The number of ether oxygens (including phenoxy) is 1. The molecule has 2 aliphatic rings. The number of likely N-dealkylation sites (tertiary alicyclic amines) is 1. The van der Waals surface area contributed by atoms with Crippen molar-refractivity contribution >= 4 is 0 Å². The first-order valence-electron chi connectivity index (χ1n) is 7.40. The number of piperidine rings is 1. The second kappa shape index (κ2) is 6.72. The molecule has 2 rings (SSSR count). The molecule has 0 amide bonds. The summed E-state index contributed by atoms with van der Waals surface area (Å²) in [5.41, 5.74) is 5.97. The Bertz CT molecular complexity index is 214. The van der Waals surface area contributed by atoms with Gasteiger partial charge in [-0.2, -0.15) is 0 Å². The molecule has 2 atom stereocenters. The Morgan fingerprint density at radius 2 is 1.94 bits per heavy atom. The normalized spacial score (nSPS) is 32.8. The SMILES string of the molecule is CCCOC1CCCC(N2CCC(N)CC2)C1. The zero-order valence-corrected chi connectivity index (χ0v) is 11.2. The summed E-state index contributed by atoms with van der Waals surface area (Å²) < 4.78 is 5.92. The summed E-state index contributed by atoms with van der Waals surface area (Å²) in [6, 6.07) is 1.21. The maximum absolute atomic E-state index is 5.97. The van der Waals surface area contributed by atoms with Crippen molar-refractivity contribution in [1.29, 1.82) is 0 Å². The lowest BCUT2D eigenvalue weighted by Crippen LogP contribution is -2.47. The van der Waals surface area contributed by atoms with Crippen LogP contribution in [0.2, 0.25) is 0 Å². The molecule has 1 heterocycles. The average Bonchev–Trinajstić information content (AvgIpc) is 2.37. The Morgan fingerprint density at radius 1 is 1.18 bits per heavy atom. The first-order valence-corrected chi connectivity index (χ1v) is 7.40. The van der Waals surface area contributed by atoms with Gasteiger partial charge in [-0.3, -0.25) is 0 Å². The number of nitrogens with zero attached hydrogens (tertiary/aromatic N) is 1. The molecule has 2 unspecified atom stereocenters. The maximum atomic E-state index is 5.97. The van der Waals surface area contributed by atoms with Gasteiger partial charge in [0.1, 0.15) is 0 Å². The fourth-order valence-electron chi connectivity index (χ4n) is 3.17. The molecule has 2 fully saturated rings. The zero-order valence-electron chi connectivity index (χ0n) is 11.2. The molecule has 0 bridgehead atoms. The van der Waals surface area contributed by atoms with Crippen LogP contribution in [0.15, 0.2) is 0 Å². The van der Waals surface area contributed by atoms with Gasteiger partial charge in [0.2, 0.25) is 0 Å². The largest absolute Gasteiger partial charge is 0.378 e. The lowest BCUT2D eigenvalue weighted by molar-refractivity contribution is -0.00548. The Balaban J connectivity index is 1.76. The van der Waals surface area contributed by atoms with Crippen LogP contribution in [0.4, 0.5) is 0 Å². The third-order valence-electron chi connectivity index (χ3n) is 4.25. The van der Waals surface area contributed by atoms with Crippen LogP contribution < -0.4 is 5.73 Å². The molecule has 100 valence electrons. The first-order chi connectivity index (χ1) is 8.29. The predicted octanol–water partition coefficient (Wildman–Crippen LogP) is 2.15. The summed E-state index contributed by atoms with van der Waals surface area (Å²) >= 11 is 0. The minimum absolute atomic E-state index is 0.446. The second-order valence-electron chi connectivity index (χ2n) is 5.69. The van der Waals surface area contributed by atoms with Gasteiger partial charge >= 0.3 is 0 Å². The average molecular weight is 240 g/mol. The monoisotopic (exact) mass is 240 g/mol. The van der Waals surface area contributed by atoms with Crippen LogP contribution in [0.5, 0.6) is 0 Å². The van der Waals surface area contributed by atoms with Crippen molar-refractivity contribution in [3.8, 4) is 0 Å². The van der Waals surface area contributed by atoms with E-state index in [1.54, 1.807) is 0 Å². The van der Waals surface area contributed by atoms with E-state index >= 15 is 0 Å². The molecule has 2 N–H and O–H groups in total. The molecule has 3 heteroatoms. The molecule has 0 aromatic carbocycles. The van der Waals surface area contributed by atoms with E-state index in [9.17, 15) is 0 Å². The first kappa shape index (κ1) is 13.3. The van der Waals surface area contributed by atoms with Crippen molar-refractivity contribution in [3.63, 3.8) is 0 Å². The molecule has 1 saturated carbocycles. The van der Waals surface area contributed by atoms with E-state index in [1.807, 2.05) is 0 Å². The molecule has 3 nitrogen and oxygen atoms in total.